The molecule has 158 valence electrons. The Balaban J connectivity index is 1.65. The van der Waals surface area contributed by atoms with Gasteiger partial charge in [-0.05, 0) is 71.7 Å². The predicted octanol–water partition coefficient (Wildman–Crippen LogP) is 2.48. The first kappa shape index (κ1) is 20.6. The van der Waals surface area contributed by atoms with Crippen LogP contribution in [-0.2, 0) is 21.3 Å². The molecule has 2 aromatic carbocycles. The van der Waals surface area contributed by atoms with Crippen LogP contribution in [-0.4, -0.2) is 52.2 Å². The summed E-state index contributed by atoms with van der Waals surface area (Å²) in [6.45, 7) is 2.82. The molecule has 0 saturated carbocycles. The van der Waals surface area contributed by atoms with Gasteiger partial charge in [-0.1, -0.05) is 12.1 Å². The SMILES string of the molecule is Cc1cc(S(=O)(=O)N(Cc2ccc(F)cc2)C[C@H]2CCCO2)ccc1-n1cnnn1. The Morgan fingerprint density at radius 1 is 1.23 bits per heavy atom. The number of tetrazole rings is 1. The van der Waals surface area contributed by atoms with Gasteiger partial charge in [-0.25, -0.2) is 17.5 Å². The lowest BCUT2D eigenvalue weighted by molar-refractivity contribution is 0.0926. The molecule has 1 fully saturated rings. The molecule has 1 aliphatic rings. The monoisotopic (exact) mass is 431 g/mol. The molecule has 30 heavy (non-hydrogen) atoms. The van der Waals surface area contributed by atoms with E-state index in [9.17, 15) is 12.8 Å². The van der Waals surface area contributed by atoms with Crippen molar-refractivity contribution in [1.29, 1.82) is 0 Å². The first-order valence-electron chi connectivity index (χ1n) is 9.64. The van der Waals surface area contributed by atoms with E-state index in [1.165, 1.54) is 27.4 Å². The van der Waals surface area contributed by atoms with E-state index >= 15 is 0 Å². The summed E-state index contributed by atoms with van der Waals surface area (Å²) in [7, 11) is -3.81. The molecule has 0 N–H and O–H groups in total. The van der Waals surface area contributed by atoms with Gasteiger partial charge >= 0.3 is 0 Å². The first-order valence-corrected chi connectivity index (χ1v) is 11.1. The number of hydrogen-bond donors (Lipinski definition) is 0. The van der Waals surface area contributed by atoms with Crippen molar-refractivity contribution < 1.29 is 17.5 Å². The fourth-order valence-corrected chi connectivity index (χ4v) is 5.07. The normalized spacial score (nSPS) is 17.0. The second-order valence-electron chi connectivity index (χ2n) is 7.26. The van der Waals surface area contributed by atoms with Crippen LogP contribution in [0.4, 0.5) is 4.39 Å². The highest BCUT2D eigenvalue weighted by atomic mass is 32.2. The van der Waals surface area contributed by atoms with Crippen LogP contribution in [0.1, 0.15) is 24.0 Å². The van der Waals surface area contributed by atoms with Crippen LogP contribution >= 0.6 is 0 Å². The zero-order chi connectivity index (χ0) is 21.1. The second kappa shape index (κ2) is 8.58. The maximum absolute atomic E-state index is 13.5. The summed E-state index contributed by atoms with van der Waals surface area (Å²) >= 11 is 0. The van der Waals surface area contributed by atoms with E-state index in [1.807, 2.05) is 0 Å². The van der Waals surface area contributed by atoms with Crippen molar-refractivity contribution in [3.05, 3.63) is 65.7 Å². The molecule has 3 aromatic rings. The summed E-state index contributed by atoms with van der Waals surface area (Å²) in [5.74, 6) is -0.360. The Morgan fingerprint density at radius 3 is 2.67 bits per heavy atom. The molecule has 10 heteroatoms. The molecule has 8 nitrogen and oxygen atoms in total. The van der Waals surface area contributed by atoms with Crippen LogP contribution < -0.4 is 0 Å². The maximum Gasteiger partial charge on any atom is 0.243 e. The van der Waals surface area contributed by atoms with Gasteiger partial charge in [0.25, 0.3) is 0 Å². The van der Waals surface area contributed by atoms with E-state index in [2.05, 4.69) is 15.5 Å². The van der Waals surface area contributed by atoms with E-state index < -0.39 is 10.0 Å². The van der Waals surface area contributed by atoms with Crippen molar-refractivity contribution in [3.63, 3.8) is 0 Å². The van der Waals surface area contributed by atoms with Crippen LogP contribution in [0.25, 0.3) is 5.69 Å². The Kier molecular flexibility index (Phi) is 5.89. The smallest absolute Gasteiger partial charge is 0.243 e. The Hall–Kier alpha value is -2.69. The minimum Gasteiger partial charge on any atom is -0.377 e. The van der Waals surface area contributed by atoms with Crippen LogP contribution in [0.5, 0.6) is 0 Å². The average molecular weight is 431 g/mol. The highest BCUT2D eigenvalue weighted by Crippen LogP contribution is 2.25. The highest BCUT2D eigenvalue weighted by Gasteiger charge is 2.29. The lowest BCUT2D eigenvalue weighted by Crippen LogP contribution is -2.37. The van der Waals surface area contributed by atoms with Gasteiger partial charge in [0, 0.05) is 19.7 Å². The molecule has 2 heterocycles. The van der Waals surface area contributed by atoms with Crippen molar-refractivity contribution in [2.45, 2.75) is 37.3 Å². The van der Waals surface area contributed by atoms with Gasteiger partial charge in [0.1, 0.15) is 12.1 Å². The lowest BCUT2D eigenvalue weighted by Gasteiger charge is -2.25. The van der Waals surface area contributed by atoms with Crippen LogP contribution in [0, 0.1) is 12.7 Å². The van der Waals surface area contributed by atoms with Crippen molar-refractivity contribution in [2.24, 2.45) is 0 Å². The number of halogens is 1. The molecule has 1 aliphatic heterocycles. The number of sulfonamides is 1. The third kappa shape index (κ3) is 4.40. The van der Waals surface area contributed by atoms with Crippen molar-refractivity contribution in [1.82, 2.24) is 24.5 Å². The van der Waals surface area contributed by atoms with Crippen molar-refractivity contribution in [3.8, 4) is 5.69 Å². The molecular weight excluding hydrogens is 409 g/mol. The summed E-state index contributed by atoms with van der Waals surface area (Å²) in [6, 6.07) is 10.7. The van der Waals surface area contributed by atoms with Crippen LogP contribution in [0.15, 0.2) is 53.7 Å². The van der Waals surface area contributed by atoms with E-state index in [0.29, 0.717) is 17.9 Å². The number of rotatable bonds is 7. The van der Waals surface area contributed by atoms with Crippen molar-refractivity contribution in [2.75, 3.05) is 13.2 Å². The van der Waals surface area contributed by atoms with Crippen molar-refractivity contribution >= 4 is 10.0 Å². The maximum atomic E-state index is 13.5. The van der Waals surface area contributed by atoms with E-state index in [4.69, 9.17) is 4.74 Å². The summed E-state index contributed by atoms with van der Waals surface area (Å²) < 4.78 is 48.8. The number of nitrogens with zero attached hydrogens (tertiary/aromatic N) is 5. The summed E-state index contributed by atoms with van der Waals surface area (Å²) in [4.78, 5) is 0.178. The molecule has 0 spiro atoms. The zero-order valence-electron chi connectivity index (χ0n) is 16.5. The van der Waals surface area contributed by atoms with Gasteiger partial charge in [-0.3, -0.25) is 0 Å². The molecule has 0 unspecified atom stereocenters. The Morgan fingerprint density at radius 2 is 2.03 bits per heavy atom. The molecule has 0 aliphatic carbocycles. The minimum absolute atomic E-state index is 0.135. The van der Waals surface area contributed by atoms with Gasteiger partial charge in [0.15, 0.2) is 0 Å². The predicted molar refractivity (Wildman–Crippen MR) is 107 cm³/mol. The van der Waals surface area contributed by atoms with Crippen LogP contribution in [0.2, 0.25) is 0 Å². The molecule has 0 bridgehead atoms. The van der Waals surface area contributed by atoms with E-state index in [0.717, 1.165) is 18.4 Å². The molecule has 1 saturated heterocycles. The highest BCUT2D eigenvalue weighted by molar-refractivity contribution is 7.89. The Bertz CT molecular complexity index is 1100. The van der Waals surface area contributed by atoms with Gasteiger partial charge < -0.3 is 4.74 Å². The van der Waals surface area contributed by atoms with Gasteiger partial charge in [0.2, 0.25) is 10.0 Å². The average Bonchev–Trinajstić information content (AvgIpc) is 3.43. The molecule has 1 atom stereocenters. The first-order chi connectivity index (χ1) is 14.4. The largest absolute Gasteiger partial charge is 0.377 e. The molecule has 0 radical (unpaired) electrons. The molecule has 0 amide bonds. The summed E-state index contributed by atoms with van der Waals surface area (Å²) in [6.07, 6.45) is 3.03. The van der Waals surface area contributed by atoms with E-state index in [1.54, 1.807) is 37.3 Å². The van der Waals surface area contributed by atoms with E-state index in [-0.39, 0.29) is 29.9 Å². The lowest BCUT2D eigenvalue weighted by atomic mass is 10.2. The second-order valence-corrected chi connectivity index (χ2v) is 9.20. The standard InChI is InChI=1S/C20H22FN5O3S/c1-15-11-19(8-9-20(15)26-14-22-23-24-26)30(27,28)25(13-18-3-2-10-29-18)12-16-4-6-17(21)7-5-16/h4-9,11,14,18H,2-3,10,12-13H2,1H3/t18-/m1/s1. The third-order valence-electron chi connectivity index (χ3n) is 5.11. The number of ether oxygens (including phenoxy) is 1. The number of aromatic nitrogens is 4. The van der Waals surface area contributed by atoms with Gasteiger partial charge in [-0.15, -0.1) is 5.10 Å². The third-order valence-corrected chi connectivity index (χ3v) is 6.91. The van der Waals surface area contributed by atoms with Crippen LogP contribution in [0.3, 0.4) is 0 Å². The minimum atomic E-state index is -3.81. The molecule has 1 aromatic heterocycles. The number of benzene rings is 2. The summed E-state index contributed by atoms with van der Waals surface area (Å²) in [5, 5.41) is 11.1. The quantitative estimate of drug-likeness (QED) is 0.571. The number of hydrogen-bond acceptors (Lipinski definition) is 6. The topological polar surface area (TPSA) is 90.2 Å². The summed E-state index contributed by atoms with van der Waals surface area (Å²) in [5.41, 5.74) is 2.13. The fourth-order valence-electron chi connectivity index (χ4n) is 3.52. The number of aryl methyl sites for hydroxylation is 1. The van der Waals surface area contributed by atoms with Gasteiger partial charge in [-0.2, -0.15) is 4.31 Å². The molecular formula is C20H22FN5O3S. The zero-order valence-corrected chi connectivity index (χ0v) is 17.3. The van der Waals surface area contributed by atoms with Gasteiger partial charge in [0.05, 0.1) is 16.7 Å². The Labute approximate surface area is 174 Å². The fraction of sp³-hybridized carbons (Fsp3) is 0.350. The molecule has 4 rings (SSSR count).